The molecule has 7 aromatic carbocycles. The largest absolute Gasteiger partial charge is 0.309 e. The Morgan fingerprint density at radius 2 is 0.957 bits per heavy atom. The van der Waals surface area contributed by atoms with Crippen molar-refractivity contribution in [3.63, 3.8) is 0 Å². The van der Waals surface area contributed by atoms with Crippen LogP contribution in [0.15, 0.2) is 158 Å². The molecule has 0 bridgehead atoms. The van der Waals surface area contributed by atoms with Gasteiger partial charge in [0.25, 0.3) is 0 Å². The van der Waals surface area contributed by atoms with Crippen LogP contribution in [0.4, 0.5) is 0 Å². The third kappa shape index (κ3) is 4.25. The van der Waals surface area contributed by atoms with Gasteiger partial charge in [-0.3, -0.25) is 0 Å². The molecule has 0 saturated heterocycles. The van der Waals surface area contributed by atoms with Crippen molar-refractivity contribution in [3.05, 3.63) is 174 Å². The van der Waals surface area contributed by atoms with E-state index in [1.165, 1.54) is 71.9 Å². The van der Waals surface area contributed by atoms with Crippen molar-refractivity contribution in [1.29, 1.82) is 5.26 Å². The molecule has 1 heterocycles. The van der Waals surface area contributed by atoms with Gasteiger partial charge in [0, 0.05) is 16.5 Å². The Morgan fingerprint density at radius 1 is 0.435 bits per heavy atom. The molecule has 0 unspecified atom stereocenters. The Morgan fingerprint density at radius 3 is 1.67 bits per heavy atom. The predicted molar refractivity (Wildman–Crippen MR) is 190 cm³/mol. The first-order valence-electron chi connectivity index (χ1n) is 15.7. The maximum absolute atomic E-state index is 9.21. The molecule has 0 atom stereocenters. The highest BCUT2D eigenvalue weighted by Crippen LogP contribution is 2.42. The van der Waals surface area contributed by atoms with Crippen molar-refractivity contribution >= 4 is 21.8 Å². The van der Waals surface area contributed by atoms with E-state index in [1.807, 2.05) is 24.3 Å². The Bertz CT molecular complexity index is 2480. The van der Waals surface area contributed by atoms with Gasteiger partial charge in [-0.2, -0.15) is 5.26 Å². The fourth-order valence-corrected chi connectivity index (χ4v) is 7.13. The summed E-state index contributed by atoms with van der Waals surface area (Å²) in [7, 11) is 0. The summed E-state index contributed by atoms with van der Waals surface area (Å²) in [5.41, 5.74) is 16.8. The summed E-state index contributed by atoms with van der Waals surface area (Å²) in [5.74, 6) is 0. The van der Waals surface area contributed by atoms with Crippen LogP contribution in [0.1, 0.15) is 16.7 Å². The topological polar surface area (TPSA) is 28.7 Å². The molecule has 8 aromatic rings. The quantitative estimate of drug-likeness (QED) is 0.202. The molecule has 46 heavy (non-hydrogen) atoms. The van der Waals surface area contributed by atoms with Gasteiger partial charge >= 0.3 is 0 Å². The Kier molecular flexibility index (Phi) is 5.98. The molecule has 1 aliphatic carbocycles. The molecule has 0 amide bonds. The Hall–Kier alpha value is -6.17. The van der Waals surface area contributed by atoms with Gasteiger partial charge in [-0.1, -0.05) is 103 Å². The van der Waals surface area contributed by atoms with Crippen molar-refractivity contribution < 1.29 is 0 Å². The van der Waals surface area contributed by atoms with Gasteiger partial charge in [0.2, 0.25) is 0 Å². The summed E-state index contributed by atoms with van der Waals surface area (Å²) in [6, 6.07) is 58.8. The van der Waals surface area contributed by atoms with E-state index in [9.17, 15) is 5.26 Å². The first kappa shape index (κ1) is 26.3. The molecule has 2 heteroatoms. The van der Waals surface area contributed by atoms with E-state index in [0.717, 1.165) is 17.7 Å². The number of para-hydroxylation sites is 1. The second kappa shape index (κ2) is 10.5. The van der Waals surface area contributed by atoms with E-state index in [1.54, 1.807) is 0 Å². The van der Waals surface area contributed by atoms with Crippen LogP contribution in [0, 0.1) is 11.3 Å². The van der Waals surface area contributed by atoms with Gasteiger partial charge < -0.3 is 4.57 Å². The number of hydrogen-bond acceptors (Lipinski definition) is 1. The number of fused-ring (bicyclic) bond motifs is 6. The maximum Gasteiger partial charge on any atom is 0.0991 e. The minimum atomic E-state index is 0.681. The van der Waals surface area contributed by atoms with Crippen LogP contribution in [-0.4, -0.2) is 4.57 Å². The van der Waals surface area contributed by atoms with Crippen LogP contribution in [0.5, 0.6) is 0 Å². The Labute approximate surface area is 268 Å². The second-order valence-electron chi connectivity index (χ2n) is 12.1. The lowest BCUT2D eigenvalue weighted by molar-refractivity contribution is 1.18. The summed E-state index contributed by atoms with van der Waals surface area (Å²) in [6.07, 6.45) is 0.953. The first-order valence-corrected chi connectivity index (χ1v) is 15.7. The highest BCUT2D eigenvalue weighted by Gasteiger charge is 2.20. The molecule has 214 valence electrons. The van der Waals surface area contributed by atoms with E-state index >= 15 is 0 Å². The average molecular weight is 585 g/mol. The van der Waals surface area contributed by atoms with Gasteiger partial charge in [0.1, 0.15) is 0 Å². The molecule has 1 aromatic heterocycles. The van der Waals surface area contributed by atoms with Crippen LogP contribution in [0.25, 0.3) is 72.0 Å². The molecule has 9 rings (SSSR count). The van der Waals surface area contributed by atoms with Crippen molar-refractivity contribution in [1.82, 2.24) is 4.57 Å². The monoisotopic (exact) mass is 584 g/mol. The number of rotatable bonds is 4. The van der Waals surface area contributed by atoms with Crippen molar-refractivity contribution in [2.45, 2.75) is 6.42 Å². The third-order valence-corrected chi connectivity index (χ3v) is 9.48. The minimum absolute atomic E-state index is 0.681. The highest BCUT2D eigenvalue weighted by molar-refractivity contribution is 6.10. The van der Waals surface area contributed by atoms with Gasteiger partial charge in [0.15, 0.2) is 0 Å². The van der Waals surface area contributed by atoms with Crippen LogP contribution < -0.4 is 0 Å². The molecule has 0 saturated carbocycles. The van der Waals surface area contributed by atoms with Crippen molar-refractivity contribution in [3.8, 4) is 56.3 Å². The molecular weight excluding hydrogens is 556 g/mol. The molecule has 0 spiro atoms. The van der Waals surface area contributed by atoms with E-state index < -0.39 is 0 Å². The lowest BCUT2D eigenvalue weighted by Crippen LogP contribution is -1.93. The van der Waals surface area contributed by atoms with Crippen LogP contribution in [0.3, 0.4) is 0 Å². The smallest absolute Gasteiger partial charge is 0.0991 e. The molecule has 2 nitrogen and oxygen atoms in total. The zero-order valence-electron chi connectivity index (χ0n) is 25.1. The van der Waals surface area contributed by atoms with E-state index in [4.69, 9.17) is 0 Å². The second-order valence-corrected chi connectivity index (χ2v) is 12.1. The molecule has 0 N–H and O–H groups in total. The number of benzene rings is 7. The van der Waals surface area contributed by atoms with Gasteiger partial charge in [-0.15, -0.1) is 0 Å². The summed E-state index contributed by atoms with van der Waals surface area (Å²) in [5, 5.41) is 11.7. The summed E-state index contributed by atoms with van der Waals surface area (Å²) in [6.45, 7) is 0. The van der Waals surface area contributed by atoms with Crippen LogP contribution >= 0.6 is 0 Å². The SMILES string of the molecule is N#Cc1ccc(-c2ccc3c(c2)-c2cc(-c4ccc5c(c4)c4ccccc4n5-c4ccc(-c5ccccc5)cc4)ccc2C3)cc1. The number of nitrogens with zero attached hydrogens (tertiary/aromatic N) is 2. The molecule has 1 aliphatic rings. The van der Waals surface area contributed by atoms with E-state index in [2.05, 4.69) is 144 Å². The highest BCUT2D eigenvalue weighted by atomic mass is 15.0. The zero-order valence-corrected chi connectivity index (χ0v) is 25.1. The van der Waals surface area contributed by atoms with Crippen LogP contribution in [-0.2, 0) is 6.42 Å². The van der Waals surface area contributed by atoms with Gasteiger partial charge in [-0.05, 0) is 117 Å². The van der Waals surface area contributed by atoms with Gasteiger partial charge in [0.05, 0.1) is 22.7 Å². The zero-order chi connectivity index (χ0) is 30.6. The number of nitriles is 1. The third-order valence-electron chi connectivity index (χ3n) is 9.48. The predicted octanol–water partition coefficient (Wildman–Crippen LogP) is 11.2. The summed E-state index contributed by atoms with van der Waals surface area (Å²) < 4.78 is 2.38. The molecular formula is C44H28N2. The minimum Gasteiger partial charge on any atom is -0.309 e. The van der Waals surface area contributed by atoms with Gasteiger partial charge in [-0.25, -0.2) is 0 Å². The fourth-order valence-electron chi connectivity index (χ4n) is 7.13. The average Bonchev–Trinajstić information content (AvgIpc) is 3.66. The molecule has 0 radical (unpaired) electrons. The maximum atomic E-state index is 9.21. The standard InChI is InChI=1S/C44H28N2/c45-28-29-10-12-32(13-11-29)33-14-16-36-24-37-17-15-34(26-41(37)40(36)25-33)35-20-23-44-42(27-35)39-8-4-5-9-43(39)46(44)38-21-18-31(19-22-38)30-6-2-1-3-7-30/h1-23,25-27H,24H2. The number of hydrogen-bond donors (Lipinski definition) is 0. The summed E-state index contributed by atoms with van der Waals surface area (Å²) in [4.78, 5) is 0. The first-order chi connectivity index (χ1) is 22.7. The molecule has 0 fully saturated rings. The number of aromatic nitrogens is 1. The van der Waals surface area contributed by atoms with Crippen molar-refractivity contribution in [2.24, 2.45) is 0 Å². The molecule has 0 aliphatic heterocycles. The van der Waals surface area contributed by atoms with Crippen molar-refractivity contribution in [2.75, 3.05) is 0 Å². The van der Waals surface area contributed by atoms with E-state index in [0.29, 0.717) is 5.56 Å². The van der Waals surface area contributed by atoms with E-state index in [-0.39, 0.29) is 0 Å². The normalized spacial score (nSPS) is 11.8. The fraction of sp³-hybridized carbons (Fsp3) is 0.0227. The van der Waals surface area contributed by atoms with Crippen LogP contribution in [0.2, 0.25) is 0 Å². The lowest BCUT2D eigenvalue weighted by Gasteiger charge is -2.11. The lowest BCUT2D eigenvalue weighted by atomic mass is 9.95. The Balaban J connectivity index is 1.12. The summed E-state index contributed by atoms with van der Waals surface area (Å²) >= 11 is 0.